The average molecular weight is 827 g/mol. The topological polar surface area (TPSA) is 0 Å². The predicted octanol–water partition coefficient (Wildman–Crippen LogP) is 16.6. The standard InChI is InChI=1S/C63H70/c1-15-18-41-39-54-57-55-50(41)19-17-20-51(55)62(46-29-21-42(22-30-46)58(3,4)5,47-31-23-43(24-32-47)59(6,7)8)52-37-40(16-2)38-53(56(52)57)63(54,48-33-25-44(26-34-48)60(9,10)11)49-35-27-45(28-36-49)61(12,13)14/h17,19-39H,15-16,18H2,1-14H3. The minimum Gasteiger partial charge on any atom is -0.0651 e. The molecule has 2 aliphatic rings. The molecule has 322 valence electrons. The minimum atomic E-state index is -0.570. The van der Waals surface area contributed by atoms with Crippen LogP contribution in [-0.4, -0.2) is 0 Å². The maximum Gasteiger partial charge on any atom is 0.0714 e. The van der Waals surface area contributed by atoms with E-state index in [1.807, 2.05) is 0 Å². The first-order valence-electron chi connectivity index (χ1n) is 23.9. The Kier molecular flexibility index (Phi) is 10.0. The van der Waals surface area contributed by atoms with Crippen LogP contribution < -0.4 is 0 Å². The van der Waals surface area contributed by atoms with Crippen molar-refractivity contribution in [3.63, 3.8) is 0 Å². The largest absolute Gasteiger partial charge is 0.0714 e. The molecule has 0 aromatic heterocycles. The van der Waals surface area contributed by atoms with Crippen molar-refractivity contribution in [3.8, 4) is 11.1 Å². The van der Waals surface area contributed by atoms with Crippen LogP contribution in [0.1, 0.15) is 181 Å². The van der Waals surface area contributed by atoms with E-state index in [0.717, 1.165) is 19.3 Å². The van der Waals surface area contributed by atoms with E-state index >= 15 is 0 Å². The second-order valence-corrected chi connectivity index (χ2v) is 23.2. The number of benzene rings is 7. The molecule has 0 unspecified atom stereocenters. The second-order valence-electron chi connectivity index (χ2n) is 23.2. The normalized spacial score (nSPS) is 15.3. The molecule has 0 nitrogen and oxygen atoms in total. The highest BCUT2D eigenvalue weighted by Crippen LogP contribution is 2.66. The Morgan fingerprint density at radius 2 is 0.730 bits per heavy atom. The van der Waals surface area contributed by atoms with Crippen molar-refractivity contribution in [2.24, 2.45) is 0 Å². The quantitative estimate of drug-likeness (QED) is 0.150. The molecule has 0 aliphatic heterocycles. The second kappa shape index (κ2) is 14.7. The molecule has 7 aromatic rings. The lowest BCUT2D eigenvalue weighted by atomic mass is 9.59. The van der Waals surface area contributed by atoms with E-state index in [-0.39, 0.29) is 21.7 Å². The van der Waals surface area contributed by atoms with Crippen molar-refractivity contribution in [3.05, 3.63) is 211 Å². The third-order valence-corrected chi connectivity index (χ3v) is 15.0. The molecular formula is C63H70. The van der Waals surface area contributed by atoms with Gasteiger partial charge in [0.2, 0.25) is 0 Å². The van der Waals surface area contributed by atoms with Crippen molar-refractivity contribution in [2.45, 2.75) is 149 Å². The van der Waals surface area contributed by atoms with E-state index in [4.69, 9.17) is 0 Å². The molecule has 0 spiro atoms. The molecule has 2 aliphatic carbocycles. The summed E-state index contributed by atoms with van der Waals surface area (Å²) in [7, 11) is 0. The third-order valence-electron chi connectivity index (χ3n) is 15.0. The first kappa shape index (κ1) is 43.1. The Morgan fingerprint density at radius 1 is 0.381 bits per heavy atom. The summed E-state index contributed by atoms with van der Waals surface area (Å²) in [4.78, 5) is 0. The summed E-state index contributed by atoms with van der Waals surface area (Å²) in [5.41, 5.74) is 21.2. The fourth-order valence-corrected chi connectivity index (χ4v) is 11.4. The minimum absolute atomic E-state index is 0.0389. The van der Waals surface area contributed by atoms with Crippen LogP contribution in [0.4, 0.5) is 0 Å². The van der Waals surface area contributed by atoms with Gasteiger partial charge >= 0.3 is 0 Å². The lowest BCUT2D eigenvalue weighted by molar-refractivity contribution is 0.588. The van der Waals surface area contributed by atoms with Crippen LogP contribution in [0.3, 0.4) is 0 Å². The van der Waals surface area contributed by atoms with Crippen LogP contribution in [0.2, 0.25) is 0 Å². The summed E-state index contributed by atoms with van der Waals surface area (Å²) in [6.07, 6.45) is 3.04. The number of aryl methyl sites for hydroxylation is 2. The number of rotatable bonds is 7. The van der Waals surface area contributed by atoms with Crippen LogP contribution in [0.5, 0.6) is 0 Å². The fourth-order valence-electron chi connectivity index (χ4n) is 11.4. The molecular weight excluding hydrogens is 757 g/mol. The van der Waals surface area contributed by atoms with E-state index in [1.165, 1.54) is 99.8 Å². The van der Waals surface area contributed by atoms with Crippen molar-refractivity contribution in [1.29, 1.82) is 0 Å². The zero-order valence-corrected chi connectivity index (χ0v) is 40.8. The van der Waals surface area contributed by atoms with Crippen molar-refractivity contribution in [1.82, 2.24) is 0 Å². The van der Waals surface area contributed by atoms with Gasteiger partial charge in [-0.1, -0.05) is 237 Å². The molecule has 0 saturated heterocycles. The highest BCUT2D eigenvalue weighted by molar-refractivity contribution is 6.12. The summed E-state index contributed by atoms with van der Waals surface area (Å²) < 4.78 is 0. The Hall–Kier alpha value is -5.20. The molecule has 0 heteroatoms. The van der Waals surface area contributed by atoms with Gasteiger partial charge in [-0.05, 0) is 134 Å². The van der Waals surface area contributed by atoms with E-state index in [1.54, 1.807) is 0 Å². The molecule has 9 rings (SSSR count). The molecule has 0 atom stereocenters. The SMILES string of the molecule is CCCc1cc2c3c4c(cccc14)C(c1ccc(C(C)(C)C)cc1)(c1ccc(C(C)(C)C)cc1)c1cc(CC)cc(c1-3)C2(c1ccc(C(C)(C)C)cc1)c1ccc(C(C)(C)C)cc1. The lowest BCUT2D eigenvalue weighted by Crippen LogP contribution is -2.34. The lowest BCUT2D eigenvalue weighted by Gasteiger charge is -2.43. The zero-order chi connectivity index (χ0) is 45.1. The van der Waals surface area contributed by atoms with Crippen LogP contribution in [0.15, 0.2) is 133 Å². The molecule has 0 fully saturated rings. The van der Waals surface area contributed by atoms with Crippen molar-refractivity contribution < 1.29 is 0 Å². The molecule has 0 amide bonds. The Morgan fingerprint density at radius 3 is 1.06 bits per heavy atom. The van der Waals surface area contributed by atoms with Gasteiger partial charge in [-0.3, -0.25) is 0 Å². The van der Waals surface area contributed by atoms with Gasteiger partial charge in [-0.25, -0.2) is 0 Å². The van der Waals surface area contributed by atoms with Crippen LogP contribution in [0.25, 0.3) is 21.9 Å². The van der Waals surface area contributed by atoms with E-state index in [2.05, 4.69) is 230 Å². The smallest absolute Gasteiger partial charge is 0.0651 e. The highest BCUT2D eigenvalue weighted by Gasteiger charge is 2.54. The zero-order valence-electron chi connectivity index (χ0n) is 40.8. The van der Waals surface area contributed by atoms with Crippen molar-refractivity contribution in [2.75, 3.05) is 0 Å². The predicted molar refractivity (Wildman–Crippen MR) is 271 cm³/mol. The summed E-state index contributed by atoms with van der Waals surface area (Å²) in [6, 6.07) is 54.3. The van der Waals surface area contributed by atoms with Gasteiger partial charge in [0.1, 0.15) is 0 Å². The summed E-state index contributed by atoms with van der Waals surface area (Å²) in [5.74, 6) is 0. The molecule has 0 bridgehead atoms. The molecule has 7 aromatic carbocycles. The van der Waals surface area contributed by atoms with Gasteiger partial charge in [0, 0.05) is 0 Å². The fraction of sp³-hybridized carbons (Fsp3) is 0.365. The van der Waals surface area contributed by atoms with Crippen LogP contribution in [0, 0.1) is 0 Å². The van der Waals surface area contributed by atoms with Gasteiger partial charge in [-0.15, -0.1) is 0 Å². The van der Waals surface area contributed by atoms with E-state index in [9.17, 15) is 0 Å². The molecule has 0 N–H and O–H groups in total. The van der Waals surface area contributed by atoms with Gasteiger partial charge in [0.25, 0.3) is 0 Å². The number of hydrogen-bond donors (Lipinski definition) is 0. The van der Waals surface area contributed by atoms with Gasteiger partial charge < -0.3 is 0 Å². The Labute approximate surface area is 380 Å². The molecule has 0 saturated carbocycles. The first-order chi connectivity index (χ1) is 29.7. The Balaban J connectivity index is 1.52. The summed E-state index contributed by atoms with van der Waals surface area (Å²) in [6.45, 7) is 32.7. The van der Waals surface area contributed by atoms with Crippen LogP contribution >= 0.6 is 0 Å². The van der Waals surface area contributed by atoms with Gasteiger partial charge in [0.15, 0.2) is 0 Å². The first-order valence-corrected chi connectivity index (χ1v) is 23.9. The van der Waals surface area contributed by atoms with E-state index < -0.39 is 10.8 Å². The highest BCUT2D eigenvalue weighted by atomic mass is 14.6. The third kappa shape index (κ3) is 6.52. The maximum atomic E-state index is 2.65. The molecule has 0 radical (unpaired) electrons. The molecule has 0 heterocycles. The monoisotopic (exact) mass is 827 g/mol. The Bertz CT molecular complexity index is 2730. The van der Waals surface area contributed by atoms with Gasteiger partial charge in [-0.2, -0.15) is 0 Å². The van der Waals surface area contributed by atoms with E-state index in [0.29, 0.717) is 0 Å². The van der Waals surface area contributed by atoms with Crippen molar-refractivity contribution >= 4 is 10.8 Å². The average Bonchev–Trinajstić information content (AvgIpc) is 3.54. The van der Waals surface area contributed by atoms with Gasteiger partial charge in [0.05, 0.1) is 10.8 Å². The summed E-state index contributed by atoms with van der Waals surface area (Å²) >= 11 is 0. The van der Waals surface area contributed by atoms with Crippen LogP contribution in [-0.2, 0) is 45.3 Å². The summed E-state index contributed by atoms with van der Waals surface area (Å²) in [5, 5.41) is 2.82. The maximum absolute atomic E-state index is 2.65. The number of hydrogen-bond acceptors (Lipinski definition) is 0. The molecule has 63 heavy (non-hydrogen) atoms.